The number of rotatable bonds is 3. The van der Waals surface area contributed by atoms with Crippen molar-refractivity contribution >= 4 is 11.1 Å². The molecule has 0 saturated carbocycles. The first-order valence-electron chi connectivity index (χ1n) is 13.3. The number of hydrogen-bond donors (Lipinski definition) is 0. The van der Waals surface area contributed by atoms with Gasteiger partial charge in [0.25, 0.3) is 0 Å². The molecule has 3 aliphatic carbocycles. The Balaban J connectivity index is 2.06. The molecule has 0 bridgehead atoms. The van der Waals surface area contributed by atoms with Crippen molar-refractivity contribution < 1.29 is 0 Å². The molecule has 0 radical (unpaired) electrons. The molecule has 1 aromatic carbocycles. The van der Waals surface area contributed by atoms with Gasteiger partial charge in [0.05, 0.1) is 0 Å². The molecule has 0 saturated heterocycles. The summed E-state index contributed by atoms with van der Waals surface area (Å²) in [4.78, 5) is 0. The minimum absolute atomic E-state index is 0.0601. The van der Waals surface area contributed by atoms with Crippen LogP contribution in [-0.4, -0.2) is 0 Å². The van der Waals surface area contributed by atoms with Gasteiger partial charge in [-0.3, -0.25) is 0 Å². The second-order valence-corrected chi connectivity index (χ2v) is 13.1. The van der Waals surface area contributed by atoms with Crippen molar-refractivity contribution in [1.82, 2.24) is 0 Å². The van der Waals surface area contributed by atoms with Gasteiger partial charge in [0, 0.05) is 5.41 Å². The second-order valence-electron chi connectivity index (χ2n) is 13.1. The van der Waals surface area contributed by atoms with Gasteiger partial charge in [0.2, 0.25) is 0 Å². The molecule has 0 aliphatic heterocycles. The fourth-order valence-corrected chi connectivity index (χ4v) is 8.58. The third-order valence-electron chi connectivity index (χ3n) is 10.1. The summed E-state index contributed by atoms with van der Waals surface area (Å²) in [5, 5.41) is 0. The summed E-state index contributed by atoms with van der Waals surface area (Å²) in [6.45, 7) is 41.6. The maximum Gasteiger partial charge on any atom is 0.0194 e. The van der Waals surface area contributed by atoms with Gasteiger partial charge >= 0.3 is 0 Å². The molecule has 0 heteroatoms. The predicted molar refractivity (Wildman–Crippen MR) is 156 cm³/mol. The van der Waals surface area contributed by atoms with E-state index in [0.29, 0.717) is 5.92 Å². The zero-order valence-electron chi connectivity index (χ0n) is 24.1. The first kappa shape index (κ1) is 25.7. The van der Waals surface area contributed by atoms with Gasteiger partial charge < -0.3 is 0 Å². The van der Waals surface area contributed by atoms with Crippen LogP contribution < -0.4 is 0 Å². The Kier molecular flexibility index (Phi) is 5.76. The van der Waals surface area contributed by atoms with Gasteiger partial charge in [-0.25, -0.2) is 0 Å². The lowest BCUT2D eigenvalue weighted by Gasteiger charge is -2.62. The SMILES string of the molecule is C=C(C)C1=C(C)C[C@@]2(C)C[C@@]3(C)Cc4c(C(C)C)cc(C(=C)C)c(C)c4C(=C)C3=C(C)[C@@]2(C)C1=C. The molecule has 0 unspecified atom stereocenters. The summed E-state index contributed by atoms with van der Waals surface area (Å²) in [7, 11) is 0. The van der Waals surface area contributed by atoms with Crippen LogP contribution in [0.5, 0.6) is 0 Å². The van der Waals surface area contributed by atoms with Gasteiger partial charge in [-0.2, -0.15) is 0 Å². The van der Waals surface area contributed by atoms with E-state index in [1.165, 1.54) is 61.3 Å². The van der Waals surface area contributed by atoms with E-state index in [1.807, 2.05) is 0 Å². The van der Waals surface area contributed by atoms with Crippen LogP contribution in [0.2, 0.25) is 0 Å². The lowest BCUT2D eigenvalue weighted by molar-refractivity contribution is 0.0543. The third-order valence-corrected chi connectivity index (χ3v) is 10.1. The Morgan fingerprint density at radius 1 is 0.943 bits per heavy atom. The molecule has 1 aromatic rings. The fraction of sp³-hybridized carbons (Fsp3) is 0.486. The van der Waals surface area contributed by atoms with Crippen molar-refractivity contribution in [2.24, 2.45) is 16.2 Å². The summed E-state index contributed by atoms with van der Waals surface area (Å²) < 4.78 is 0. The summed E-state index contributed by atoms with van der Waals surface area (Å²) >= 11 is 0. The lowest BCUT2D eigenvalue weighted by atomic mass is 9.41. The molecule has 0 fully saturated rings. The van der Waals surface area contributed by atoms with Crippen LogP contribution in [-0.2, 0) is 6.42 Å². The highest BCUT2D eigenvalue weighted by molar-refractivity contribution is 5.89. The monoisotopic (exact) mass is 466 g/mol. The highest BCUT2D eigenvalue weighted by Crippen LogP contribution is 2.70. The van der Waals surface area contributed by atoms with E-state index in [-0.39, 0.29) is 16.2 Å². The Bertz CT molecular complexity index is 1290. The maximum atomic E-state index is 4.84. The molecule has 4 rings (SSSR count). The molecular weight excluding hydrogens is 420 g/mol. The second kappa shape index (κ2) is 7.83. The molecule has 0 amide bonds. The third kappa shape index (κ3) is 3.24. The van der Waals surface area contributed by atoms with Crippen molar-refractivity contribution in [2.45, 2.75) is 94.4 Å². The van der Waals surface area contributed by atoms with Crippen LogP contribution >= 0.6 is 0 Å². The first-order chi connectivity index (χ1) is 16.0. The Morgan fingerprint density at radius 3 is 2.06 bits per heavy atom. The topological polar surface area (TPSA) is 0 Å². The van der Waals surface area contributed by atoms with Gasteiger partial charge in [-0.1, -0.05) is 89.3 Å². The van der Waals surface area contributed by atoms with Crippen molar-refractivity contribution in [3.05, 3.63) is 93.6 Å². The number of allylic oxidation sites excluding steroid dienone is 8. The molecule has 3 aliphatic rings. The summed E-state index contributed by atoms with van der Waals surface area (Å²) in [6, 6.07) is 2.42. The van der Waals surface area contributed by atoms with Gasteiger partial charge in [-0.15, -0.1) is 0 Å². The van der Waals surface area contributed by atoms with E-state index in [1.54, 1.807) is 0 Å². The van der Waals surface area contributed by atoms with Gasteiger partial charge in [0.1, 0.15) is 0 Å². The van der Waals surface area contributed by atoms with Crippen molar-refractivity contribution in [3.63, 3.8) is 0 Å². The van der Waals surface area contributed by atoms with Crippen LogP contribution in [0.25, 0.3) is 11.1 Å². The average Bonchev–Trinajstić information content (AvgIpc) is 2.69. The minimum Gasteiger partial charge on any atom is -0.0955 e. The zero-order chi connectivity index (χ0) is 26.4. The van der Waals surface area contributed by atoms with E-state index < -0.39 is 0 Å². The summed E-state index contributed by atoms with van der Waals surface area (Å²) in [5.74, 6) is 0.465. The number of hydrogen-bond acceptors (Lipinski definition) is 0. The van der Waals surface area contributed by atoms with Crippen molar-refractivity contribution in [3.8, 4) is 0 Å². The van der Waals surface area contributed by atoms with Gasteiger partial charge in [-0.05, 0) is 121 Å². The van der Waals surface area contributed by atoms with Crippen LogP contribution in [0.1, 0.15) is 109 Å². The molecule has 0 nitrogen and oxygen atoms in total. The van der Waals surface area contributed by atoms with E-state index in [0.717, 1.165) is 30.4 Å². The average molecular weight is 467 g/mol. The van der Waals surface area contributed by atoms with Crippen molar-refractivity contribution in [1.29, 1.82) is 0 Å². The lowest BCUT2D eigenvalue weighted by Crippen LogP contribution is -2.52. The Labute approximate surface area is 215 Å². The molecule has 0 spiro atoms. The van der Waals surface area contributed by atoms with E-state index in [4.69, 9.17) is 13.2 Å². The van der Waals surface area contributed by atoms with Gasteiger partial charge in [0.15, 0.2) is 0 Å². The molecule has 0 heterocycles. The van der Waals surface area contributed by atoms with E-state index in [2.05, 4.69) is 88.5 Å². The quantitative estimate of drug-likeness (QED) is 0.415. The maximum absolute atomic E-state index is 4.84. The smallest absolute Gasteiger partial charge is 0.0194 e. The normalized spacial score (nSPS) is 30.4. The van der Waals surface area contributed by atoms with E-state index in [9.17, 15) is 0 Å². The number of fused-ring (bicyclic) bond motifs is 3. The highest BCUT2D eigenvalue weighted by Gasteiger charge is 2.59. The molecular formula is C35H46. The molecule has 186 valence electrons. The summed E-state index contributed by atoms with van der Waals surface area (Å²) in [6.07, 6.45) is 3.31. The van der Waals surface area contributed by atoms with Crippen LogP contribution in [0.4, 0.5) is 0 Å². The molecule has 35 heavy (non-hydrogen) atoms. The largest absolute Gasteiger partial charge is 0.0955 e. The molecule has 0 N–H and O–H groups in total. The van der Waals surface area contributed by atoms with E-state index >= 15 is 0 Å². The van der Waals surface area contributed by atoms with Crippen LogP contribution in [0.15, 0.2) is 65.8 Å². The minimum atomic E-state index is -0.114. The first-order valence-corrected chi connectivity index (χ1v) is 13.3. The highest BCUT2D eigenvalue weighted by atomic mass is 14.6. The van der Waals surface area contributed by atoms with Crippen molar-refractivity contribution in [2.75, 3.05) is 0 Å². The summed E-state index contributed by atoms with van der Waals surface area (Å²) in [5.41, 5.74) is 17.5. The molecule has 3 atom stereocenters. The predicted octanol–water partition coefficient (Wildman–Crippen LogP) is 10.3. The standard InChI is InChI=1S/C35H46/c1-19(2)27-15-28(20(3)4)29-17-33(12)18-34(13)16-22(7)30(21(5)6)25(10)35(34,14)26(11)32(33)24(9)31(29)23(27)8/h15,20H,1,5,9-10,16-18H2,2-4,6-8,11-14H3/t33-,34+,35-/m1/s1. The molecule has 0 aromatic heterocycles. The fourth-order valence-electron chi connectivity index (χ4n) is 8.58. The number of benzene rings is 1. The Morgan fingerprint density at radius 2 is 1.54 bits per heavy atom. The van der Waals surface area contributed by atoms with Crippen LogP contribution in [0, 0.1) is 23.2 Å². The van der Waals surface area contributed by atoms with Crippen LogP contribution in [0.3, 0.4) is 0 Å². The Hall–Kier alpha value is -2.34. The zero-order valence-corrected chi connectivity index (χ0v) is 24.1.